The lowest BCUT2D eigenvalue weighted by molar-refractivity contribution is 0.0597. The Hall–Kier alpha value is -1.64. The highest BCUT2D eigenvalue weighted by molar-refractivity contribution is 7.89. The lowest BCUT2D eigenvalue weighted by Gasteiger charge is -2.23. The van der Waals surface area contributed by atoms with Crippen LogP contribution in [0.4, 0.5) is 0 Å². The van der Waals surface area contributed by atoms with Gasteiger partial charge in [-0.2, -0.15) is 4.31 Å². The van der Waals surface area contributed by atoms with E-state index in [1.807, 2.05) is 0 Å². The molecule has 0 aliphatic carbocycles. The first-order valence-electron chi connectivity index (χ1n) is 6.94. The molecule has 1 aliphatic heterocycles. The number of methoxy groups -OCH3 is 2. The molecule has 1 atom stereocenters. The van der Waals surface area contributed by atoms with Crippen molar-refractivity contribution < 1.29 is 22.7 Å². The van der Waals surface area contributed by atoms with Crippen LogP contribution >= 0.6 is 0 Å². The van der Waals surface area contributed by atoms with Crippen molar-refractivity contribution in [2.24, 2.45) is 5.73 Å². The molecule has 0 bridgehead atoms. The second kappa shape index (κ2) is 6.64. The summed E-state index contributed by atoms with van der Waals surface area (Å²) in [6.07, 6.45) is 1.55. The van der Waals surface area contributed by atoms with Gasteiger partial charge in [0.05, 0.1) is 19.1 Å². The van der Waals surface area contributed by atoms with Gasteiger partial charge in [-0.05, 0) is 25.0 Å². The Bertz CT molecular complexity index is 659. The molecule has 0 aromatic heterocycles. The second-order valence-electron chi connectivity index (χ2n) is 5.00. The summed E-state index contributed by atoms with van der Waals surface area (Å²) >= 11 is 0. The summed E-state index contributed by atoms with van der Waals surface area (Å²) in [6.45, 7) is 0.738. The van der Waals surface area contributed by atoms with Crippen LogP contribution in [0.25, 0.3) is 0 Å². The summed E-state index contributed by atoms with van der Waals surface area (Å²) in [4.78, 5) is 11.7. The molecule has 1 unspecified atom stereocenters. The molecule has 0 saturated carbocycles. The van der Waals surface area contributed by atoms with Crippen LogP contribution in [0.1, 0.15) is 23.2 Å². The third-order valence-electron chi connectivity index (χ3n) is 3.78. The van der Waals surface area contributed by atoms with E-state index >= 15 is 0 Å². The van der Waals surface area contributed by atoms with Crippen molar-refractivity contribution in [1.82, 2.24) is 4.31 Å². The molecule has 1 saturated heterocycles. The molecule has 122 valence electrons. The van der Waals surface area contributed by atoms with Gasteiger partial charge in [-0.3, -0.25) is 0 Å². The summed E-state index contributed by atoms with van der Waals surface area (Å²) < 4.78 is 36.6. The van der Waals surface area contributed by atoms with E-state index < -0.39 is 16.0 Å². The summed E-state index contributed by atoms with van der Waals surface area (Å²) in [5.74, 6) is -0.418. The van der Waals surface area contributed by atoms with Gasteiger partial charge < -0.3 is 15.2 Å². The number of nitrogens with zero attached hydrogens (tertiary/aromatic N) is 1. The second-order valence-corrected chi connectivity index (χ2v) is 6.89. The number of hydrogen-bond acceptors (Lipinski definition) is 6. The Balaban J connectivity index is 2.42. The molecule has 1 aromatic carbocycles. The lowest BCUT2D eigenvalue weighted by atomic mass is 10.2. The first-order chi connectivity index (χ1) is 10.5. The first-order valence-corrected chi connectivity index (χ1v) is 8.38. The molecule has 1 heterocycles. The number of rotatable bonds is 5. The minimum Gasteiger partial charge on any atom is -0.496 e. The fourth-order valence-electron chi connectivity index (χ4n) is 2.61. The van der Waals surface area contributed by atoms with Crippen LogP contribution in [0.15, 0.2) is 23.1 Å². The summed E-state index contributed by atoms with van der Waals surface area (Å²) in [5.41, 5.74) is 5.83. The highest BCUT2D eigenvalue weighted by Gasteiger charge is 2.35. The topological polar surface area (TPSA) is 98.9 Å². The van der Waals surface area contributed by atoms with Crippen LogP contribution < -0.4 is 10.5 Å². The van der Waals surface area contributed by atoms with Gasteiger partial charge in [-0.1, -0.05) is 0 Å². The molecular weight excluding hydrogens is 308 g/mol. The van der Waals surface area contributed by atoms with Gasteiger partial charge in [-0.25, -0.2) is 13.2 Å². The summed E-state index contributed by atoms with van der Waals surface area (Å²) in [6, 6.07) is 3.94. The highest BCUT2D eigenvalue weighted by Crippen LogP contribution is 2.29. The average molecular weight is 328 g/mol. The number of nitrogens with two attached hydrogens (primary N) is 1. The molecule has 2 N–H and O–H groups in total. The standard InChI is InChI=1S/C14H20N2O5S/c1-20-13-8-11(5-6-12(13)14(17)21-2)22(18,19)16-7-3-4-10(16)9-15/h5-6,8,10H,3-4,7,9,15H2,1-2H3. The zero-order chi connectivity index (χ0) is 16.3. The van der Waals surface area contributed by atoms with E-state index in [4.69, 9.17) is 10.5 Å². The van der Waals surface area contributed by atoms with Crippen LogP contribution in [-0.4, -0.2) is 52.0 Å². The number of ether oxygens (including phenoxy) is 2. The molecule has 0 spiro atoms. The van der Waals surface area contributed by atoms with Crippen LogP contribution in [0.3, 0.4) is 0 Å². The number of hydrogen-bond donors (Lipinski definition) is 1. The Morgan fingerprint density at radius 1 is 1.41 bits per heavy atom. The van der Waals surface area contributed by atoms with Gasteiger partial charge in [0, 0.05) is 25.2 Å². The van der Waals surface area contributed by atoms with E-state index in [0.29, 0.717) is 6.54 Å². The maximum atomic E-state index is 12.7. The molecule has 1 fully saturated rings. The SMILES string of the molecule is COC(=O)c1ccc(S(=O)(=O)N2CCCC2CN)cc1OC. The summed E-state index contributed by atoms with van der Waals surface area (Å²) in [5, 5.41) is 0. The monoisotopic (exact) mass is 328 g/mol. The van der Waals surface area contributed by atoms with Crippen LogP contribution in [0.5, 0.6) is 5.75 Å². The molecular formula is C14H20N2O5S. The largest absolute Gasteiger partial charge is 0.496 e. The Morgan fingerprint density at radius 3 is 2.73 bits per heavy atom. The normalized spacial score (nSPS) is 19.1. The smallest absolute Gasteiger partial charge is 0.341 e. The van der Waals surface area contributed by atoms with Crippen molar-refractivity contribution in [2.45, 2.75) is 23.8 Å². The minimum absolute atomic E-state index is 0.0809. The van der Waals surface area contributed by atoms with Gasteiger partial charge in [-0.15, -0.1) is 0 Å². The number of sulfonamides is 1. The predicted molar refractivity (Wildman–Crippen MR) is 80.3 cm³/mol. The zero-order valence-corrected chi connectivity index (χ0v) is 13.4. The number of carbonyl (C=O) groups is 1. The first kappa shape index (κ1) is 16.7. The third kappa shape index (κ3) is 2.94. The quantitative estimate of drug-likeness (QED) is 0.795. The molecule has 1 aliphatic rings. The van der Waals surface area contributed by atoms with Crippen LogP contribution in [0.2, 0.25) is 0 Å². The highest BCUT2D eigenvalue weighted by atomic mass is 32.2. The number of benzene rings is 1. The average Bonchev–Trinajstić information content (AvgIpc) is 3.02. The van der Waals surface area contributed by atoms with E-state index in [-0.39, 0.29) is 28.8 Å². The van der Waals surface area contributed by atoms with Gasteiger partial charge in [0.15, 0.2) is 0 Å². The molecule has 1 aromatic rings. The molecule has 22 heavy (non-hydrogen) atoms. The molecule has 0 amide bonds. The van der Waals surface area contributed by atoms with Gasteiger partial charge in [0.2, 0.25) is 10.0 Å². The van der Waals surface area contributed by atoms with Crippen molar-refractivity contribution in [3.8, 4) is 5.75 Å². The van der Waals surface area contributed by atoms with Crippen LogP contribution in [0, 0.1) is 0 Å². The number of carbonyl (C=O) groups excluding carboxylic acids is 1. The lowest BCUT2D eigenvalue weighted by Crippen LogP contribution is -2.39. The van der Waals surface area contributed by atoms with Crippen molar-refractivity contribution in [3.63, 3.8) is 0 Å². The van der Waals surface area contributed by atoms with Gasteiger partial charge in [0.1, 0.15) is 11.3 Å². The summed E-state index contributed by atoms with van der Waals surface area (Å²) in [7, 11) is -1.04. The van der Waals surface area contributed by atoms with Crippen molar-refractivity contribution in [2.75, 3.05) is 27.3 Å². The third-order valence-corrected chi connectivity index (χ3v) is 5.73. The maximum Gasteiger partial charge on any atom is 0.341 e. The predicted octanol–water partition coefficient (Wildman–Crippen LogP) is 0.594. The van der Waals surface area contributed by atoms with E-state index in [1.54, 1.807) is 0 Å². The fraction of sp³-hybridized carbons (Fsp3) is 0.500. The molecule has 8 heteroatoms. The Labute approximate surface area is 130 Å². The van der Waals surface area contributed by atoms with E-state index in [9.17, 15) is 13.2 Å². The van der Waals surface area contributed by atoms with Crippen molar-refractivity contribution >= 4 is 16.0 Å². The van der Waals surface area contributed by atoms with E-state index in [2.05, 4.69) is 4.74 Å². The van der Waals surface area contributed by atoms with E-state index in [0.717, 1.165) is 12.8 Å². The van der Waals surface area contributed by atoms with Crippen molar-refractivity contribution in [3.05, 3.63) is 23.8 Å². The fourth-order valence-corrected chi connectivity index (χ4v) is 4.33. The van der Waals surface area contributed by atoms with Gasteiger partial charge in [0.25, 0.3) is 0 Å². The van der Waals surface area contributed by atoms with Gasteiger partial charge >= 0.3 is 5.97 Å². The molecule has 0 radical (unpaired) electrons. The van der Waals surface area contributed by atoms with E-state index in [1.165, 1.54) is 36.7 Å². The van der Waals surface area contributed by atoms with Crippen LogP contribution in [-0.2, 0) is 14.8 Å². The number of esters is 1. The molecule has 7 nitrogen and oxygen atoms in total. The Morgan fingerprint density at radius 2 is 2.14 bits per heavy atom. The zero-order valence-electron chi connectivity index (χ0n) is 12.6. The van der Waals surface area contributed by atoms with Crippen molar-refractivity contribution in [1.29, 1.82) is 0 Å². The Kier molecular flexibility index (Phi) is 5.05. The molecule has 2 rings (SSSR count). The minimum atomic E-state index is -3.66. The maximum absolute atomic E-state index is 12.7.